The molecule has 1 saturated heterocycles. The lowest BCUT2D eigenvalue weighted by Crippen LogP contribution is -2.26. The van der Waals surface area contributed by atoms with Crippen molar-refractivity contribution in [3.63, 3.8) is 0 Å². The van der Waals surface area contributed by atoms with Crippen LogP contribution in [0.25, 0.3) is 0 Å². The number of ether oxygens (including phenoxy) is 2. The van der Waals surface area contributed by atoms with E-state index in [0.717, 1.165) is 25.9 Å². The maximum atomic E-state index is 11.8. The molecule has 0 saturated carbocycles. The second kappa shape index (κ2) is 5.77. The smallest absolute Gasteiger partial charge is 0.340 e. The third kappa shape index (κ3) is 3.27. The van der Waals surface area contributed by atoms with E-state index in [2.05, 4.69) is 4.98 Å². The normalized spacial score (nSPS) is 19.9. The van der Waals surface area contributed by atoms with Gasteiger partial charge in [-0.2, -0.15) is 0 Å². The van der Waals surface area contributed by atoms with Gasteiger partial charge < -0.3 is 9.47 Å². The number of pyridine rings is 1. The number of aryl methyl sites for hydroxylation is 1. The average Bonchev–Trinajstić information content (AvgIpc) is 2.38. The van der Waals surface area contributed by atoms with Crippen molar-refractivity contribution in [1.82, 2.24) is 4.98 Å². The molecule has 0 amide bonds. The fraction of sp³-hybridized carbons (Fsp3) is 0.538. The molecule has 0 aromatic carbocycles. The largest absolute Gasteiger partial charge is 0.459 e. The fourth-order valence-corrected chi connectivity index (χ4v) is 1.89. The zero-order valence-corrected chi connectivity index (χ0v) is 10.0. The number of rotatable bonds is 3. The Morgan fingerprint density at radius 2 is 2.47 bits per heavy atom. The predicted octanol–water partition coefficient (Wildman–Crippen LogP) is 2.12. The van der Waals surface area contributed by atoms with Gasteiger partial charge in [0.05, 0.1) is 17.4 Å². The zero-order valence-electron chi connectivity index (χ0n) is 10.0. The van der Waals surface area contributed by atoms with Crippen LogP contribution >= 0.6 is 0 Å². The van der Waals surface area contributed by atoms with E-state index in [1.165, 1.54) is 0 Å². The van der Waals surface area contributed by atoms with Crippen LogP contribution in [0, 0.1) is 6.92 Å². The molecule has 1 aliphatic rings. The van der Waals surface area contributed by atoms with Crippen LogP contribution in [0.3, 0.4) is 0 Å². The molecular formula is C13H17NO3. The van der Waals surface area contributed by atoms with Crippen LogP contribution in [-0.4, -0.2) is 30.3 Å². The standard InChI is InChI=1S/C13H17NO3/c1-10-12(6-4-7-14-10)13(15)17-9-11-5-2-3-8-16-11/h4,6-7,11H,2-3,5,8-9H2,1H3/t11-/m0/s1. The van der Waals surface area contributed by atoms with Crippen molar-refractivity contribution in [2.45, 2.75) is 32.3 Å². The molecule has 17 heavy (non-hydrogen) atoms. The van der Waals surface area contributed by atoms with Crippen LogP contribution in [0.5, 0.6) is 0 Å². The van der Waals surface area contributed by atoms with E-state index in [0.29, 0.717) is 17.9 Å². The van der Waals surface area contributed by atoms with Crippen LogP contribution in [0.15, 0.2) is 18.3 Å². The highest BCUT2D eigenvalue weighted by Gasteiger charge is 2.17. The van der Waals surface area contributed by atoms with E-state index in [-0.39, 0.29) is 12.1 Å². The summed E-state index contributed by atoms with van der Waals surface area (Å²) in [7, 11) is 0. The number of hydrogen-bond donors (Lipinski definition) is 0. The fourth-order valence-electron chi connectivity index (χ4n) is 1.89. The summed E-state index contributed by atoms with van der Waals surface area (Å²) in [4.78, 5) is 15.9. The molecule has 0 radical (unpaired) electrons. The lowest BCUT2D eigenvalue weighted by Gasteiger charge is -2.22. The first-order chi connectivity index (χ1) is 8.27. The molecule has 4 nitrogen and oxygen atoms in total. The summed E-state index contributed by atoms with van der Waals surface area (Å²) in [5.74, 6) is -0.315. The molecular weight excluding hydrogens is 218 g/mol. The number of aromatic nitrogens is 1. The summed E-state index contributed by atoms with van der Waals surface area (Å²) in [5.41, 5.74) is 1.23. The highest BCUT2D eigenvalue weighted by Crippen LogP contribution is 2.14. The van der Waals surface area contributed by atoms with Crippen molar-refractivity contribution < 1.29 is 14.3 Å². The minimum atomic E-state index is -0.315. The first-order valence-corrected chi connectivity index (χ1v) is 5.97. The summed E-state index contributed by atoms with van der Waals surface area (Å²) in [5, 5.41) is 0. The maximum Gasteiger partial charge on any atom is 0.340 e. The van der Waals surface area contributed by atoms with E-state index >= 15 is 0 Å². The molecule has 0 unspecified atom stereocenters. The van der Waals surface area contributed by atoms with Gasteiger partial charge in [-0.25, -0.2) is 4.79 Å². The molecule has 1 fully saturated rings. The summed E-state index contributed by atoms with van der Waals surface area (Å²) < 4.78 is 10.7. The predicted molar refractivity (Wildman–Crippen MR) is 62.8 cm³/mol. The van der Waals surface area contributed by atoms with E-state index in [1.807, 2.05) is 0 Å². The van der Waals surface area contributed by atoms with Gasteiger partial charge in [-0.05, 0) is 38.3 Å². The highest BCUT2D eigenvalue weighted by molar-refractivity contribution is 5.90. The number of hydrogen-bond acceptors (Lipinski definition) is 4. The molecule has 2 rings (SSSR count). The molecule has 2 heterocycles. The van der Waals surface area contributed by atoms with Crippen molar-refractivity contribution >= 4 is 5.97 Å². The first kappa shape index (κ1) is 12.0. The topological polar surface area (TPSA) is 48.4 Å². The van der Waals surface area contributed by atoms with E-state index in [9.17, 15) is 4.79 Å². The molecule has 1 atom stereocenters. The van der Waals surface area contributed by atoms with Gasteiger partial charge in [-0.3, -0.25) is 4.98 Å². The van der Waals surface area contributed by atoms with Crippen molar-refractivity contribution in [3.8, 4) is 0 Å². The lowest BCUT2D eigenvalue weighted by molar-refractivity contribution is -0.0300. The van der Waals surface area contributed by atoms with Gasteiger partial charge in [0.1, 0.15) is 6.61 Å². The Labute approximate surface area is 101 Å². The number of esters is 1. The summed E-state index contributed by atoms with van der Waals surface area (Å²) in [6, 6.07) is 3.47. The summed E-state index contributed by atoms with van der Waals surface area (Å²) >= 11 is 0. The number of carbonyl (C=O) groups is 1. The third-order valence-corrected chi connectivity index (χ3v) is 2.90. The van der Waals surface area contributed by atoms with Crippen molar-refractivity contribution in [2.24, 2.45) is 0 Å². The Hall–Kier alpha value is -1.42. The average molecular weight is 235 g/mol. The van der Waals surface area contributed by atoms with Gasteiger partial charge in [0, 0.05) is 12.8 Å². The first-order valence-electron chi connectivity index (χ1n) is 5.97. The molecule has 0 spiro atoms. The summed E-state index contributed by atoms with van der Waals surface area (Å²) in [6.45, 7) is 2.91. The van der Waals surface area contributed by atoms with Crippen molar-refractivity contribution in [2.75, 3.05) is 13.2 Å². The van der Waals surface area contributed by atoms with Crippen LogP contribution in [0.2, 0.25) is 0 Å². The van der Waals surface area contributed by atoms with E-state index in [1.54, 1.807) is 25.3 Å². The van der Waals surface area contributed by atoms with Gasteiger partial charge in [0.15, 0.2) is 0 Å². The van der Waals surface area contributed by atoms with Crippen LogP contribution in [0.4, 0.5) is 0 Å². The highest BCUT2D eigenvalue weighted by atomic mass is 16.6. The monoisotopic (exact) mass is 235 g/mol. The van der Waals surface area contributed by atoms with Gasteiger partial charge in [-0.1, -0.05) is 0 Å². The quantitative estimate of drug-likeness (QED) is 0.753. The second-order valence-electron chi connectivity index (χ2n) is 4.22. The Morgan fingerprint density at radius 1 is 1.59 bits per heavy atom. The van der Waals surface area contributed by atoms with Gasteiger partial charge in [0.2, 0.25) is 0 Å². The molecule has 1 aromatic heterocycles. The Kier molecular flexibility index (Phi) is 4.09. The van der Waals surface area contributed by atoms with Crippen LogP contribution in [-0.2, 0) is 9.47 Å². The zero-order chi connectivity index (χ0) is 12.1. The Bertz CT molecular complexity index is 386. The molecule has 0 aliphatic carbocycles. The Balaban J connectivity index is 1.87. The van der Waals surface area contributed by atoms with Crippen molar-refractivity contribution in [1.29, 1.82) is 0 Å². The number of nitrogens with zero attached hydrogens (tertiary/aromatic N) is 1. The summed E-state index contributed by atoms with van der Waals surface area (Å²) in [6.07, 6.45) is 4.94. The van der Waals surface area contributed by atoms with E-state index in [4.69, 9.17) is 9.47 Å². The molecule has 0 N–H and O–H groups in total. The van der Waals surface area contributed by atoms with Gasteiger partial charge in [-0.15, -0.1) is 0 Å². The van der Waals surface area contributed by atoms with Gasteiger partial charge >= 0.3 is 5.97 Å². The van der Waals surface area contributed by atoms with Crippen molar-refractivity contribution in [3.05, 3.63) is 29.6 Å². The molecule has 4 heteroatoms. The molecule has 92 valence electrons. The molecule has 1 aromatic rings. The SMILES string of the molecule is Cc1ncccc1C(=O)OC[C@@H]1CCCCO1. The minimum absolute atomic E-state index is 0.0599. The van der Waals surface area contributed by atoms with E-state index < -0.39 is 0 Å². The minimum Gasteiger partial charge on any atom is -0.459 e. The van der Waals surface area contributed by atoms with Crippen LogP contribution in [0.1, 0.15) is 35.3 Å². The third-order valence-electron chi connectivity index (χ3n) is 2.90. The maximum absolute atomic E-state index is 11.8. The molecule has 1 aliphatic heterocycles. The molecule has 0 bridgehead atoms. The van der Waals surface area contributed by atoms with Crippen LogP contribution < -0.4 is 0 Å². The number of carbonyl (C=O) groups excluding carboxylic acids is 1. The Morgan fingerprint density at radius 3 is 3.18 bits per heavy atom. The second-order valence-corrected chi connectivity index (χ2v) is 4.22. The van der Waals surface area contributed by atoms with Gasteiger partial charge in [0.25, 0.3) is 0 Å². The lowest BCUT2D eigenvalue weighted by atomic mass is 10.1.